The topological polar surface area (TPSA) is 78.9 Å². The minimum Gasteiger partial charge on any atom is -0.465 e. The molecule has 36 heavy (non-hydrogen) atoms. The molecule has 0 unspecified atom stereocenters. The molecule has 3 fully saturated rings. The van der Waals surface area contributed by atoms with Gasteiger partial charge in [0, 0.05) is 6.08 Å². The highest BCUT2D eigenvalue weighted by Crippen LogP contribution is 2.41. The van der Waals surface area contributed by atoms with Crippen LogP contribution in [0.2, 0.25) is 0 Å². The first kappa shape index (κ1) is 28.7. The molecular weight excluding hydrogens is 456 g/mol. The second kappa shape index (κ2) is 15.4. The normalized spacial score (nSPS) is 30.7. The predicted octanol–water partition coefficient (Wildman–Crippen LogP) is 6.55. The fourth-order valence-corrected chi connectivity index (χ4v) is 6.59. The summed E-state index contributed by atoms with van der Waals surface area (Å²) in [4.78, 5) is 36.1. The third-order valence-corrected chi connectivity index (χ3v) is 8.84. The maximum atomic E-state index is 12.8. The van der Waals surface area contributed by atoms with Gasteiger partial charge in [0.05, 0.1) is 25.0 Å². The molecule has 6 nitrogen and oxygen atoms in total. The molecule has 3 saturated carbocycles. The summed E-state index contributed by atoms with van der Waals surface area (Å²) in [5.74, 6) is 1.80. The van der Waals surface area contributed by atoms with Crippen LogP contribution >= 0.6 is 0 Å². The third kappa shape index (κ3) is 9.23. The van der Waals surface area contributed by atoms with Crippen LogP contribution in [0.1, 0.15) is 110 Å². The Hall–Kier alpha value is -1.85. The number of esters is 3. The van der Waals surface area contributed by atoms with E-state index in [0.717, 1.165) is 36.7 Å². The summed E-state index contributed by atoms with van der Waals surface area (Å²) < 4.78 is 16.2. The molecular formula is C30H48O6. The van der Waals surface area contributed by atoms with Crippen molar-refractivity contribution >= 4 is 17.9 Å². The molecule has 3 aliphatic carbocycles. The number of carbonyl (C=O) groups excluding carboxylic acids is 3. The molecule has 0 aromatic carbocycles. The van der Waals surface area contributed by atoms with E-state index in [4.69, 9.17) is 14.2 Å². The molecule has 3 aliphatic rings. The van der Waals surface area contributed by atoms with Crippen molar-refractivity contribution in [1.82, 2.24) is 0 Å². The minimum atomic E-state index is -0.435. The molecule has 204 valence electrons. The van der Waals surface area contributed by atoms with Gasteiger partial charge in [-0.3, -0.25) is 9.59 Å². The maximum absolute atomic E-state index is 12.8. The number of hydrogen-bond acceptors (Lipinski definition) is 6. The van der Waals surface area contributed by atoms with Crippen molar-refractivity contribution in [2.24, 2.45) is 29.6 Å². The van der Waals surface area contributed by atoms with Crippen molar-refractivity contribution in [2.75, 3.05) is 13.2 Å². The van der Waals surface area contributed by atoms with E-state index in [-0.39, 0.29) is 29.9 Å². The lowest BCUT2D eigenvalue weighted by Gasteiger charge is -2.38. The van der Waals surface area contributed by atoms with Crippen molar-refractivity contribution in [3.8, 4) is 0 Å². The van der Waals surface area contributed by atoms with E-state index >= 15 is 0 Å². The fourth-order valence-electron chi connectivity index (χ4n) is 6.59. The number of unbranched alkanes of at least 4 members (excludes halogenated alkanes) is 1. The molecule has 0 N–H and O–H groups in total. The first-order valence-electron chi connectivity index (χ1n) is 14.7. The monoisotopic (exact) mass is 504 g/mol. The highest BCUT2D eigenvalue weighted by atomic mass is 16.5. The van der Waals surface area contributed by atoms with E-state index in [1.165, 1.54) is 51.4 Å². The summed E-state index contributed by atoms with van der Waals surface area (Å²) in [5, 5.41) is 0. The molecule has 0 aliphatic heterocycles. The van der Waals surface area contributed by atoms with Gasteiger partial charge in [-0.25, -0.2) is 4.79 Å². The Morgan fingerprint density at radius 3 is 1.81 bits per heavy atom. The molecule has 0 amide bonds. The summed E-state index contributed by atoms with van der Waals surface area (Å²) in [5.41, 5.74) is 0. The van der Waals surface area contributed by atoms with E-state index in [1.807, 2.05) is 0 Å². The lowest BCUT2D eigenvalue weighted by molar-refractivity contribution is -0.160. The van der Waals surface area contributed by atoms with Gasteiger partial charge >= 0.3 is 17.9 Å². The minimum absolute atomic E-state index is 0.0561. The molecule has 0 aromatic rings. The van der Waals surface area contributed by atoms with Crippen molar-refractivity contribution in [3.05, 3.63) is 12.7 Å². The zero-order valence-electron chi connectivity index (χ0n) is 22.4. The number of hydrogen-bond donors (Lipinski definition) is 0. The van der Waals surface area contributed by atoms with Crippen molar-refractivity contribution < 1.29 is 28.6 Å². The molecule has 0 radical (unpaired) electrons. The van der Waals surface area contributed by atoms with Crippen molar-refractivity contribution in [2.45, 2.75) is 116 Å². The van der Waals surface area contributed by atoms with Gasteiger partial charge in [-0.2, -0.15) is 0 Å². The summed E-state index contributed by atoms with van der Waals surface area (Å²) >= 11 is 0. The largest absolute Gasteiger partial charge is 0.465 e. The maximum Gasteiger partial charge on any atom is 0.330 e. The summed E-state index contributed by atoms with van der Waals surface area (Å²) in [6.45, 7) is 6.28. The quantitative estimate of drug-likeness (QED) is 0.130. The van der Waals surface area contributed by atoms with Gasteiger partial charge in [0.25, 0.3) is 0 Å². The second-order valence-corrected chi connectivity index (χ2v) is 11.3. The second-order valence-electron chi connectivity index (χ2n) is 11.3. The Morgan fingerprint density at radius 2 is 1.25 bits per heavy atom. The lowest BCUT2D eigenvalue weighted by atomic mass is 9.70. The lowest BCUT2D eigenvalue weighted by Crippen LogP contribution is -2.33. The third-order valence-electron chi connectivity index (χ3n) is 8.84. The molecule has 6 heteroatoms. The SMILES string of the molecule is C=CC(=O)OCCCCOC(=O)C1CCC(C(=O)OC2CCC(C3CCC(CCC)CC3)CC2)CC1. The first-order valence-corrected chi connectivity index (χ1v) is 14.7. The van der Waals surface area contributed by atoms with E-state index in [2.05, 4.69) is 13.5 Å². The van der Waals surface area contributed by atoms with E-state index in [1.54, 1.807) is 0 Å². The summed E-state index contributed by atoms with van der Waals surface area (Å²) in [7, 11) is 0. The molecule has 0 aromatic heterocycles. The van der Waals surface area contributed by atoms with Crippen LogP contribution in [0.15, 0.2) is 12.7 Å². The Labute approximate surface area is 217 Å². The molecule has 0 heterocycles. The number of rotatable bonds is 12. The van der Waals surface area contributed by atoms with Gasteiger partial charge < -0.3 is 14.2 Å². The Kier molecular flexibility index (Phi) is 12.3. The zero-order chi connectivity index (χ0) is 25.8. The van der Waals surface area contributed by atoms with Crippen molar-refractivity contribution in [1.29, 1.82) is 0 Å². The van der Waals surface area contributed by atoms with Crippen LogP contribution in [0.3, 0.4) is 0 Å². The Bertz CT molecular complexity index is 694. The zero-order valence-corrected chi connectivity index (χ0v) is 22.4. The van der Waals surface area contributed by atoms with Crippen LogP contribution in [0.4, 0.5) is 0 Å². The van der Waals surface area contributed by atoms with Crippen LogP contribution in [0.5, 0.6) is 0 Å². The van der Waals surface area contributed by atoms with Crippen LogP contribution < -0.4 is 0 Å². The van der Waals surface area contributed by atoms with Gasteiger partial charge in [-0.15, -0.1) is 0 Å². The molecule has 3 rings (SSSR count). The molecule has 0 saturated heterocycles. The van der Waals surface area contributed by atoms with E-state index in [9.17, 15) is 14.4 Å². The Balaban J connectivity index is 1.25. The molecule has 0 spiro atoms. The van der Waals surface area contributed by atoms with Crippen molar-refractivity contribution in [3.63, 3.8) is 0 Å². The smallest absolute Gasteiger partial charge is 0.330 e. The molecule has 0 bridgehead atoms. The fraction of sp³-hybridized carbons (Fsp3) is 0.833. The highest BCUT2D eigenvalue weighted by Gasteiger charge is 2.35. The molecule has 0 atom stereocenters. The van der Waals surface area contributed by atoms with Gasteiger partial charge in [0.2, 0.25) is 0 Å². The summed E-state index contributed by atoms with van der Waals surface area (Å²) in [6, 6.07) is 0. The van der Waals surface area contributed by atoms with Crippen LogP contribution in [0.25, 0.3) is 0 Å². The standard InChI is InChI=1S/C30H48O6/c1-3-7-22-8-10-23(11-9-22)24-16-18-27(19-17-24)36-30(33)26-14-12-25(13-15-26)29(32)35-21-6-5-20-34-28(31)4-2/h4,22-27H,2-3,5-21H2,1H3. The average Bonchev–Trinajstić information content (AvgIpc) is 2.91. The van der Waals surface area contributed by atoms with Crippen LogP contribution in [-0.2, 0) is 28.6 Å². The van der Waals surface area contributed by atoms with Gasteiger partial charge in [0.15, 0.2) is 0 Å². The number of ether oxygens (including phenoxy) is 3. The van der Waals surface area contributed by atoms with Gasteiger partial charge in [-0.05, 0) is 94.8 Å². The van der Waals surface area contributed by atoms with E-state index < -0.39 is 5.97 Å². The first-order chi connectivity index (χ1) is 17.5. The average molecular weight is 505 g/mol. The van der Waals surface area contributed by atoms with Gasteiger partial charge in [-0.1, -0.05) is 39.2 Å². The van der Waals surface area contributed by atoms with E-state index in [0.29, 0.717) is 51.7 Å². The summed E-state index contributed by atoms with van der Waals surface area (Å²) in [6.07, 6.45) is 18.1. The Morgan fingerprint density at radius 1 is 0.722 bits per heavy atom. The number of carbonyl (C=O) groups is 3. The van der Waals surface area contributed by atoms with Crippen LogP contribution in [0, 0.1) is 29.6 Å². The highest BCUT2D eigenvalue weighted by molar-refractivity contribution is 5.81. The van der Waals surface area contributed by atoms with Gasteiger partial charge in [0.1, 0.15) is 6.10 Å². The predicted molar refractivity (Wildman–Crippen MR) is 139 cm³/mol. The van der Waals surface area contributed by atoms with Crippen LogP contribution in [-0.4, -0.2) is 37.2 Å².